The van der Waals surface area contributed by atoms with Crippen LogP contribution >= 0.6 is 11.3 Å². The quantitative estimate of drug-likeness (QED) is 0.659. The summed E-state index contributed by atoms with van der Waals surface area (Å²) >= 11 is 1.83. The van der Waals surface area contributed by atoms with Crippen LogP contribution in [0.5, 0.6) is 0 Å². The number of aliphatic imine (C=N–C) groups is 1. The number of nitrogens with one attached hydrogen (secondary N) is 1. The number of hydrogen-bond acceptors (Lipinski definition) is 4. The van der Waals surface area contributed by atoms with Gasteiger partial charge in [-0.1, -0.05) is 0 Å². The van der Waals surface area contributed by atoms with Crippen LogP contribution < -0.4 is 10.2 Å². The van der Waals surface area contributed by atoms with Crippen LogP contribution in [-0.4, -0.2) is 75.2 Å². The van der Waals surface area contributed by atoms with E-state index in [4.69, 9.17) is 0 Å². The van der Waals surface area contributed by atoms with Gasteiger partial charge in [0.15, 0.2) is 5.96 Å². The van der Waals surface area contributed by atoms with E-state index in [0.29, 0.717) is 0 Å². The zero-order chi connectivity index (χ0) is 15.4. The van der Waals surface area contributed by atoms with Gasteiger partial charge in [-0.15, -0.1) is 11.3 Å². The maximum atomic E-state index is 4.45. The van der Waals surface area contributed by atoms with Gasteiger partial charge in [0.25, 0.3) is 0 Å². The number of piperazine rings is 1. The minimum absolute atomic E-state index is 0.832. The van der Waals surface area contributed by atoms with Crippen LogP contribution in [0.2, 0.25) is 0 Å². The maximum Gasteiger partial charge on any atom is 0.193 e. The van der Waals surface area contributed by atoms with Crippen molar-refractivity contribution in [2.45, 2.75) is 18.9 Å². The van der Waals surface area contributed by atoms with E-state index >= 15 is 0 Å². The molecule has 2 aliphatic rings. The fraction of sp³-hybridized carbons (Fsp3) is 0.688. The van der Waals surface area contributed by atoms with Crippen molar-refractivity contribution in [2.24, 2.45) is 4.99 Å². The van der Waals surface area contributed by atoms with Crippen molar-refractivity contribution in [1.82, 2.24) is 15.1 Å². The lowest BCUT2D eigenvalue weighted by atomic mass is 10.3. The third-order valence-corrected chi connectivity index (χ3v) is 5.46. The summed E-state index contributed by atoms with van der Waals surface area (Å²) in [5.41, 5.74) is 0. The smallest absolute Gasteiger partial charge is 0.193 e. The Morgan fingerprint density at radius 1 is 1.36 bits per heavy atom. The molecule has 122 valence electrons. The van der Waals surface area contributed by atoms with Crippen molar-refractivity contribution in [1.29, 1.82) is 0 Å². The molecule has 5 nitrogen and oxygen atoms in total. The van der Waals surface area contributed by atoms with Crippen molar-refractivity contribution in [3.63, 3.8) is 0 Å². The molecule has 1 aliphatic carbocycles. The summed E-state index contributed by atoms with van der Waals surface area (Å²) < 4.78 is 0. The number of thiophene rings is 1. The molecule has 3 rings (SSSR count). The van der Waals surface area contributed by atoms with Gasteiger partial charge >= 0.3 is 0 Å². The highest BCUT2D eigenvalue weighted by molar-refractivity contribution is 7.14. The van der Waals surface area contributed by atoms with Gasteiger partial charge in [0, 0.05) is 52.4 Å². The standard InChI is InChI=1S/C16H27N5S/c1-17-16(18-7-8-19(2)14-5-6-14)21-11-9-20(10-12-21)15-4-3-13-22-15/h3-4,13-14H,5-12H2,1-2H3,(H,17,18). The van der Waals surface area contributed by atoms with E-state index in [0.717, 1.165) is 51.3 Å². The van der Waals surface area contributed by atoms with E-state index < -0.39 is 0 Å². The zero-order valence-electron chi connectivity index (χ0n) is 13.7. The summed E-state index contributed by atoms with van der Waals surface area (Å²) in [4.78, 5) is 11.8. The second kappa shape index (κ2) is 7.33. The Morgan fingerprint density at radius 3 is 2.73 bits per heavy atom. The number of hydrogen-bond donors (Lipinski definition) is 1. The summed E-state index contributed by atoms with van der Waals surface area (Å²) in [6, 6.07) is 5.17. The third kappa shape index (κ3) is 3.93. The van der Waals surface area contributed by atoms with Gasteiger partial charge in [-0.25, -0.2) is 0 Å². The molecule has 1 aromatic heterocycles. The van der Waals surface area contributed by atoms with Crippen molar-refractivity contribution >= 4 is 22.3 Å². The molecule has 0 spiro atoms. The normalized spacial score (nSPS) is 19.9. The zero-order valence-corrected chi connectivity index (χ0v) is 14.5. The summed E-state index contributed by atoms with van der Waals surface area (Å²) in [6.45, 7) is 6.29. The molecule has 1 saturated heterocycles. The molecule has 22 heavy (non-hydrogen) atoms. The first-order chi connectivity index (χ1) is 10.8. The first-order valence-corrected chi connectivity index (χ1v) is 9.10. The van der Waals surface area contributed by atoms with E-state index in [1.165, 1.54) is 17.8 Å². The van der Waals surface area contributed by atoms with Crippen LogP contribution in [0.3, 0.4) is 0 Å². The van der Waals surface area contributed by atoms with Crippen LogP contribution in [-0.2, 0) is 0 Å². The fourth-order valence-electron chi connectivity index (χ4n) is 2.96. The van der Waals surface area contributed by atoms with E-state index in [1.807, 2.05) is 18.4 Å². The Bertz CT molecular complexity index is 475. The molecule has 1 aromatic rings. The number of guanidine groups is 1. The topological polar surface area (TPSA) is 34.1 Å². The summed E-state index contributed by atoms with van der Waals surface area (Å²) in [5, 5.41) is 7.06. The van der Waals surface area contributed by atoms with Gasteiger partial charge in [-0.3, -0.25) is 4.99 Å². The fourth-order valence-corrected chi connectivity index (χ4v) is 3.75. The average Bonchev–Trinajstić information content (AvgIpc) is 3.27. The summed E-state index contributed by atoms with van der Waals surface area (Å²) in [7, 11) is 4.11. The van der Waals surface area contributed by atoms with Crippen molar-refractivity contribution in [2.75, 3.05) is 58.3 Å². The first-order valence-electron chi connectivity index (χ1n) is 8.22. The molecule has 0 unspecified atom stereocenters. The second-order valence-electron chi connectivity index (χ2n) is 6.11. The molecule has 1 N–H and O–H groups in total. The Balaban J connectivity index is 1.42. The molecule has 0 bridgehead atoms. The number of anilines is 1. The highest BCUT2D eigenvalue weighted by Gasteiger charge is 2.25. The highest BCUT2D eigenvalue weighted by atomic mass is 32.1. The van der Waals surface area contributed by atoms with Crippen LogP contribution in [0, 0.1) is 0 Å². The number of rotatable bonds is 5. The van der Waals surface area contributed by atoms with Crippen molar-refractivity contribution in [3.8, 4) is 0 Å². The van der Waals surface area contributed by atoms with Crippen molar-refractivity contribution < 1.29 is 0 Å². The second-order valence-corrected chi connectivity index (χ2v) is 7.04. The minimum Gasteiger partial charge on any atom is -0.360 e. The lowest BCUT2D eigenvalue weighted by Crippen LogP contribution is -2.53. The number of nitrogens with zero attached hydrogens (tertiary/aromatic N) is 4. The maximum absolute atomic E-state index is 4.45. The van der Waals surface area contributed by atoms with Gasteiger partial charge in [0.05, 0.1) is 5.00 Å². The predicted octanol–water partition coefficient (Wildman–Crippen LogP) is 1.54. The van der Waals surface area contributed by atoms with Gasteiger partial charge < -0.3 is 20.0 Å². The summed E-state index contributed by atoms with van der Waals surface area (Å²) in [6.07, 6.45) is 2.74. The molecule has 2 fully saturated rings. The Hall–Kier alpha value is -1.27. The minimum atomic E-state index is 0.832. The van der Waals surface area contributed by atoms with Gasteiger partial charge in [0.2, 0.25) is 0 Å². The summed E-state index contributed by atoms with van der Waals surface area (Å²) in [5.74, 6) is 1.05. The Kier molecular flexibility index (Phi) is 5.20. The van der Waals surface area contributed by atoms with E-state index in [-0.39, 0.29) is 0 Å². The Morgan fingerprint density at radius 2 is 2.14 bits per heavy atom. The highest BCUT2D eigenvalue weighted by Crippen LogP contribution is 2.24. The van der Waals surface area contributed by atoms with Gasteiger partial charge in [-0.05, 0) is 37.4 Å². The molecule has 1 aliphatic heterocycles. The van der Waals surface area contributed by atoms with E-state index in [9.17, 15) is 0 Å². The molecule has 2 heterocycles. The van der Waals surface area contributed by atoms with Gasteiger partial charge in [-0.2, -0.15) is 0 Å². The molecular formula is C16H27N5S. The van der Waals surface area contributed by atoms with Crippen LogP contribution in [0.1, 0.15) is 12.8 Å². The van der Waals surface area contributed by atoms with Crippen LogP contribution in [0.4, 0.5) is 5.00 Å². The Labute approximate surface area is 137 Å². The first kappa shape index (κ1) is 15.6. The number of likely N-dealkylation sites (N-methyl/N-ethyl adjacent to an activating group) is 1. The molecule has 0 aromatic carbocycles. The molecule has 6 heteroatoms. The third-order valence-electron chi connectivity index (χ3n) is 4.53. The van der Waals surface area contributed by atoms with Crippen LogP contribution in [0.15, 0.2) is 22.5 Å². The average molecular weight is 321 g/mol. The van der Waals surface area contributed by atoms with E-state index in [2.05, 4.69) is 49.6 Å². The SMILES string of the molecule is CN=C(NCCN(C)C1CC1)N1CCN(c2cccs2)CC1. The molecule has 0 amide bonds. The van der Waals surface area contributed by atoms with E-state index in [1.54, 1.807) is 0 Å². The monoisotopic (exact) mass is 321 g/mol. The molecule has 0 radical (unpaired) electrons. The molecule has 0 atom stereocenters. The lowest BCUT2D eigenvalue weighted by Gasteiger charge is -2.37. The molecular weight excluding hydrogens is 294 g/mol. The largest absolute Gasteiger partial charge is 0.360 e. The predicted molar refractivity (Wildman–Crippen MR) is 95.1 cm³/mol. The van der Waals surface area contributed by atoms with Gasteiger partial charge in [0.1, 0.15) is 0 Å². The lowest BCUT2D eigenvalue weighted by molar-refractivity contribution is 0.322. The van der Waals surface area contributed by atoms with Crippen LogP contribution in [0.25, 0.3) is 0 Å². The molecule has 1 saturated carbocycles. The van der Waals surface area contributed by atoms with Crippen molar-refractivity contribution in [3.05, 3.63) is 17.5 Å².